The second-order valence-corrected chi connectivity index (χ2v) is 2.86. The first kappa shape index (κ1) is 10.5. The highest BCUT2D eigenvalue weighted by Gasteiger charge is 2.01. The van der Waals surface area contributed by atoms with Crippen LogP contribution in [0.25, 0.3) is 0 Å². The number of carbonyl (C=O) groups is 1. The molecule has 0 atom stereocenters. The molecule has 0 aliphatic heterocycles. The summed E-state index contributed by atoms with van der Waals surface area (Å²) in [4.78, 5) is 10.1. The van der Waals surface area contributed by atoms with Gasteiger partial charge in [0.15, 0.2) is 0 Å². The number of thiocarbonyl (C=S) groups is 1. The van der Waals surface area contributed by atoms with E-state index in [1.165, 1.54) is 0 Å². The first-order chi connectivity index (χ1) is 6.68. The van der Waals surface area contributed by atoms with Gasteiger partial charge in [-0.1, -0.05) is 30.3 Å². The fraction of sp³-hybridized carbons (Fsp3) is 0.111. The van der Waals surface area contributed by atoms with Gasteiger partial charge in [0.05, 0.1) is 0 Å². The minimum absolute atomic E-state index is 0.138. The molecule has 5 heteroatoms. The maximum Gasteiger partial charge on any atom is 0.412 e. The van der Waals surface area contributed by atoms with Gasteiger partial charge in [-0.05, 0) is 17.8 Å². The zero-order valence-electron chi connectivity index (χ0n) is 7.27. The van der Waals surface area contributed by atoms with E-state index in [1.54, 1.807) is 0 Å². The van der Waals surface area contributed by atoms with Gasteiger partial charge in [0.2, 0.25) is 0 Å². The Balaban J connectivity index is 2.34. The highest BCUT2D eigenvalue weighted by molar-refractivity contribution is 7.80. The van der Waals surface area contributed by atoms with Gasteiger partial charge < -0.3 is 9.84 Å². The van der Waals surface area contributed by atoms with Crippen LogP contribution in [-0.2, 0) is 11.3 Å². The molecule has 14 heavy (non-hydrogen) atoms. The van der Waals surface area contributed by atoms with Crippen molar-refractivity contribution in [1.29, 1.82) is 0 Å². The van der Waals surface area contributed by atoms with E-state index in [-0.39, 0.29) is 11.8 Å². The molecule has 1 amide bonds. The van der Waals surface area contributed by atoms with Gasteiger partial charge in [-0.2, -0.15) is 0 Å². The SMILES string of the molecule is O=C(O)NC(=S)OCc1ccccc1. The molecule has 1 aromatic rings. The van der Waals surface area contributed by atoms with Gasteiger partial charge in [-0.25, -0.2) is 4.79 Å². The first-order valence-corrected chi connectivity index (χ1v) is 4.30. The third kappa shape index (κ3) is 3.86. The summed E-state index contributed by atoms with van der Waals surface area (Å²) < 4.78 is 4.98. The zero-order chi connectivity index (χ0) is 10.4. The standard InChI is InChI=1S/C9H9NO3S/c11-8(12)10-9(14)13-6-7-4-2-1-3-5-7/h1-5H,6H2,(H,10,14)(H,11,12). The second kappa shape index (κ2) is 5.18. The normalized spacial score (nSPS) is 9.14. The predicted molar refractivity (Wildman–Crippen MR) is 55.0 cm³/mol. The predicted octanol–water partition coefficient (Wildman–Crippen LogP) is 1.76. The van der Waals surface area contributed by atoms with Crippen molar-refractivity contribution < 1.29 is 14.6 Å². The summed E-state index contributed by atoms with van der Waals surface area (Å²) in [6, 6.07) is 9.35. The van der Waals surface area contributed by atoms with Crippen LogP contribution in [-0.4, -0.2) is 16.4 Å². The Morgan fingerprint density at radius 3 is 2.64 bits per heavy atom. The number of benzene rings is 1. The third-order valence-corrected chi connectivity index (χ3v) is 1.64. The molecular weight excluding hydrogens is 202 g/mol. The van der Waals surface area contributed by atoms with Crippen molar-refractivity contribution in [2.75, 3.05) is 0 Å². The molecular formula is C9H9NO3S. The van der Waals surface area contributed by atoms with E-state index in [4.69, 9.17) is 9.84 Å². The molecule has 0 unspecified atom stereocenters. The average Bonchev–Trinajstić information content (AvgIpc) is 2.15. The van der Waals surface area contributed by atoms with Crippen molar-refractivity contribution in [3.05, 3.63) is 35.9 Å². The van der Waals surface area contributed by atoms with Gasteiger partial charge in [0.1, 0.15) is 6.61 Å². The van der Waals surface area contributed by atoms with Crippen LogP contribution < -0.4 is 5.32 Å². The van der Waals surface area contributed by atoms with Crippen LogP contribution in [0.15, 0.2) is 30.3 Å². The van der Waals surface area contributed by atoms with Crippen LogP contribution in [0.4, 0.5) is 4.79 Å². The van der Waals surface area contributed by atoms with Gasteiger partial charge in [-0.3, -0.25) is 5.32 Å². The number of hydrogen-bond donors (Lipinski definition) is 2. The molecule has 0 aromatic heterocycles. The van der Waals surface area contributed by atoms with Gasteiger partial charge >= 0.3 is 6.09 Å². The van der Waals surface area contributed by atoms with Gasteiger partial charge in [-0.15, -0.1) is 0 Å². The fourth-order valence-electron chi connectivity index (χ4n) is 0.847. The molecule has 0 aliphatic carbocycles. The van der Waals surface area contributed by atoms with Crippen molar-refractivity contribution in [3.8, 4) is 0 Å². The lowest BCUT2D eigenvalue weighted by molar-refractivity contribution is 0.195. The molecule has 0 aliphatic rings. The molecule has 0 fully saturated rings. The van der Waals surface area contributed by atoms with E-state index < -0.39 is 6.09 Å². The van der Waals surface area contributed by atoms with Crippen LogP contribution in [0.2, 0.25) is 0 Å². The number of nitrogens with one attached hydrogen (secondary N) is 1. The first-order valence-electron chi connectivity index (χ1n) is 3.89. The lowest BCUT2D eigenvalue weighted by atomic mass is 10.2. The molecule has 0 spiro atoms. The Bertz CT molecular complexity index is 326. The van der Waals surface area contributed by atoms with Gasteiger partial charge in [0.25, 0.3) is 5.17 Å². The van der Waals surface area contributed by atoms with Crippen LogP contribution in [0.3, 0.4) is 0 Å². The third-order valence-electron chi connectivity index (χ3n) is 1.42. The molecule has 0 saturated carbocycles. The minimum Gasteiger partial charge on any atom is -0.466 e. The van der Waals surface area contributed by atoms with Crippen molar-refractivity contribution in [2.45, 2.75) is 6.61 Å². The summed E-state index contributed by atoms with van der Waals surface area (Å²) >= 11 is 4.62. The van der Waals surface area contributed by atoms with Crippen molar-refractivity contribution in [1.82, 2.24) is 5.32 Å². The lowest BCUT2D eigenvalue weighted by Crippen LogP contribution is -2.28. The maximum atomic E-state index is 10.1. The van der Waals surface area contributed by atoms with Gasteiger partial charge in [0, 0.05) is 0 Å². The molecule has 0 saturated heterocycles. The molecule has 1 rings (SSSR count). The van der Waals surface area contributed by atoms with E-state index in [9.17, 15) is 4.79 Å². The highest BCUT2D eigenvalue weighted by Crippen LogP contribution is 2.00. The lowest BCUT2D eigenvalue weighted by Gasteiger charge is -2.05. The Hall–Kier alpha value is -1.62. The smallest absolute Gasteiger partial charge is 0.412 e. The van der Waals surface area contributed by atoms with Crippen molar-refractivity contribution >= 4 is 23.5 Å². The molecule has 0 radical (unpaired) electrons. The van der Waals surface area contributed by atoms with Crippen molar-refractivity contribution in [3.63, 3.8) is 0 Å². The number of hydrogen-bond acceptors (Lipinski definition) is 3. The number of amides is 1. The van der Waals surface area contributed by atoms with E-state index in [2.05, 4.69) is 12.2 Å². The van der Waals surface area contributed by atoms with E-state index in [0.29, 0.717) is 0 Å². The highest BCUT2D eigenvalue weighted by atomic mass is 32.1. The maximum absolute atomic E-state index is 10.1. The van der Waals surface area contributed by atoms with Crippen LogP contribution in [0.1, 0.15) is 5.56 Å². The summed E-state index contributed by atoms with van der Waals surface area (Å²) in [6.07, 6.45) is -1.22. The molecule has 1 aromatic carbocycles. The Labute approximate surface area is 86.5 Å². The largest absolute Gasteiger partial charge is 0.466 e. The summed E-state index contributed by atoms with van der Waals surface area (Å²) in [6.45, 7) is 0.264. The van der Waals surface area contributed by atoms with Crippen LogP contribution in [0.5, 0.6) is 0 Å². The summed E-state index contributed by atoms with van der Waals surface area (Å²) in [5.41, 5.74) is 0.932. The average molecular weight is 211 g/mol. The molecule has 4 nitrogen and oxygen atoms in total. The second-order valence-electron chi connectivity index (χ2n) is 2.49. The monoisotopic (exact) mass is 211 g/mol. The number of carboxylic acid groups (broad SMARTS) is 1. The Kier molecular flexibility index (Phi) is 3.87. The summed E-state index contributed by atoms with van der Waals surface area (Å²) in [7, 11) is 0. The topological polar surface area (TPSA) is 58.6 Å². The molecule has 74 valence electrons. The van der Waals surface area contributed by atoms with E-state index >= 15 is 0 Å². The molecule has 0 heterocycles. The fourth-order valence-corrected chi connectivity index (χ4v) is 0.993. The zero-order valence-corrected chi connectivity index (χ0v) is 8.08. The number of rotatable bonds is 2. The van der Waals surface area contributed by atoms with Crippen LogP contribution in [0, 0.1) is 0 Å². The number of ether oxygens (including phenoxy) is 1. The quantitative estimate of drug-likeness (QED) is 0.732. The Morgan fingerprint density at radius 2 is 2.07 bits per heavy atom. The van der Waals surface area contributed by atoms with E-state index in [0.717, 1.165) is 5.56 Å². The minimum atomic E-state index is -1.22. The summed E-state index contributed by atoms with van der Waals surface area (Å²) in [5.74, 6) is 0. The van der Waals surface area contributed by atoms with E-state index in [1.807, 2.05) is 35.6 Å². The van der Waals surface area contributed by atoms with Crippen LogP contribution >= 0.6 is 12.2 Å². The molecule has 2 N–H and O–H groups in total. The molecule has 0 bridgehead atoms. The van der Waals surface area contributed by atoms with Crippen molar-refractivity contribution in [2.24, 2.45) is 0 Å². The Morgan fingerprint density at radius 1 is 1.43 bits per heavy atom. The summed E-state index contributed by atoms with van der Waals surface area (Å²) in [5, 5.41) is 10.1.